The Bertz CT molecular complexity index is 232. The molecule has 1 aliphatic carbocycles. The van der Waals surface area contributed by atoms with Crippen LogP contribution in [0, 0.1) is 5.92 Å². The third kappa shape index (κ3) is 4.50. The molecule has 18 heavy (non-hydrogen) atoms. The van der Waals surface area contributed by atoms with E-state index in [1.54, 1.807) is 14.2 Å². The third-order valence-corrected chi connectivity index (χ3v) is 4.05. The Kier molecular flexibility index (Phi) is 5.89. The monoisotopic (exact) mass is 256 g/mol. The zero-order chi connectivity index (χ0) is 12.8. The molecule has 2 rings (SSSR count). The molecule has 4 heteroatoms. The maximum atomic E-state index is 5.39. The molecule has 1 heterocycles. The van der Waals surface area contributed by atoms with E-state index < -0.39 is 0 Å². The lowest BCUT2D eigenvalue weighted by Gasteiger charge is -2.38. The number of hydrogen-bond donors (Lipinski definition) is 1. The number of nitrogens with zero attached hydrogens (tertiary/aromatic N) is 1. The number of likely N-dealkylation sites (tertiary alicyclic amines) is 1. The molecule has 1 aliphatic heterocycles. The summed E-state index contributed by atoms with van der Waals surface area (Å²) in [4.78, 5) is 2.59. The van der Waals surface area contributed by atoms with Gasteiger partial charge in [0.15, 0.2) is 0 Å². The second kappa shape index (κ2) is 7.43. The summed E-state index contributed by atoms with van der Waals surface area (Å²) in [5.74, 6) is 0.698. The van der Waals surface area contributed by atoms with Crippen molar-refractivity contribution in [2.45, 2.75) is 37.8 Å². The van der Waals surface area contributed by atoms with Crippen LogP contribution in [0.2, 0.25) is 0 Å². The number of rotatable bonds is 8. The lowest BCUT2D eigenvalue weighted by molar-refractivity contribution is 0.0364. The van der Waals surface area contributed by atoms with Gasteiger partial charge in [-0.2, -0.15) is 0 Å². The highest BCUT2D eigenvalue weighted by molar-refractivity contribution is 4.86. The lowest BCUT2D eigenvalue weighted by atomic mass is 9.97. The Labute approximate surface area is 111 Å². The molecule has 0 aromatic heterocycles. The molecule has 0 aromatic carbocycles. The van der Waals surface area contributed by atoms with Crippen LogP contribution in [0.5, 0.6) is 0 Å². The van der Waals surface area contributed by atoms with E-state index in [0.717, 1.165) is 32.3 Å². The first-order chi connectivity index (χ1) is 8.83. The van der Waals surface area contributed by atoms with E-state index in [0.29, 0.717) is 12.0 Å². The molecule has 2 unspecified atom stereocenters. The average molecular weight is 256 g/mol. The average Bonchev–Trinajstić information content (AvgIpc) is 3.19. The molecule has 0 spiro atoms. The van der Waals surface area contributed by atoms with Gasteiger partial charge in [-0.15, -0.1) is 0 Å². The van der Waals surface area contributed by atoms with Gasteiger partial charge in [0, 0.05) is 39.4 Å². The summed E-state index contributed by atoms with van der Waals surface area (Å²) in [6.45, 7) is 5.17. The van der Waals surface area contributed by atoms with Crippen LogP contribution in [0.25, 0.3) is 0 Å². The maximum absolute atomic E-state index is 5.39. The summed E-state index contributed by atoms with van der Waals surface area (Å²) in [6.07, 6.45) is 5.30. The fourth-order valence-corrected chi connectivity index (χ4v) is 2.88. The smallest absolute Gasteiger partial charge is 0.0630 e. The number of nitrogens with one attached hydrogen (secondary N) is 1. The molecule has 106 valence electrons. The van der Waals surface area contributed by atoms with Gasteiger partial charge in [0.2, 0.25) is 0 Å². The van der Waals surface area contributed by atoms with Crippen LogP contribution in [0.1, 0.15) is 25.7 Å². The Morgan fingerprint density at radius 3 is 2.72 bits per heavy atom. The number of ether oxygens (including phenoxy) is 2. The summed E-state index contributed by atoms with van der Waals surface area (Å²) in [7, 11) is 3.61. The summed E-state index contributed by atoms with van der Waals surface area (Å²) < 4.78 is 10.7. The zero-order valence-corrected chi connectivity index (χ0v) is 11.9. The largest absolute Gasteiger partial charge is 0.384 e. The van der Waals surface area contributed by atoms with Crippen molar-refractivity contribution in [3.8, 4) is 0 Å². The fourth-order valence-electron chi connectivity index (χ4n) is 2.88. The summed E-state index contributed by atoms with van der Waals surface area (Å²) >= 11 is 0. The second-order valence-electron chi connectivity index (χ2n) is 5.75. The molecule has 0 radical (unpaired) electrons. The van der Waals surface area contributed by atoms with E-state index in [-0.39, 0.29) is 0 Å². The first-order valence-electron chi connectivity index (χ1n) is 7.28. The number of methoxy groups -OCH3 is 2. The third-order valence-electron chi connectivity index (χ3n) is 4.05. The highest BCUT2D eigenvalue weighted by Crippen LogP contribution is 2.21. The molecule has 1 saturated carbocycles. The van der Waals surface area contributed by atoms with Gasteiger partial charge in [0.1, 0.15) is 0 Å². The molecule has 0 aromatic rings. The van der Waals surface area contributed by atoms with Gasteiger partial charge in [-0.3, -0.25) is 4.90 Å². The van der Waals surface area contributed by atoms with Gasteiger partial charge in [-0.25, -0.2) is 0 Å². The van der Waals surface area contributed by atoms with Crippen molar-refractivity contribution in [2.24, 2.45) is 5.92 Å². The molecule has 4 nitrogen and oxygen atoms in total. The molecule has 2 atom stereocenters. The van der Waals surface area contributed by atoms with Crippen LogP contribution < -0.4 is 5.32 Å². The molecule has 0 amide bonds. The minimum absolute atomic E-state index is 0.523. The van der Waals surface area contributed by atoms with Crippen LogP contribution in [-0.4, -0.2) is 64.1 Å². The van der Waals surface area contributed by atoms with Gasteiger partial charge < -0.3 is 14.8 Å². The van der Waals surface area contributed by atoms with Gasteiger partial charge in [-0.05, 0) is 38.1 Å². The Morgan fingerprint density at radius 1 is 1.22 bits per heavy atom. The van der Waals surface area contributed by atoms with E-state index in [9.17, 15) is 0 Å². The van der Waals surface area contributed by atoms with Crippen molar-refractivity contribution in [1.29, 1.82) is 0 Å². The molecular weight excluding hydrogens is 228 g/mol. The number of hydrogen-bond acceptors (Lipinski definition) is 4. The zero-order valence-electron chi connectivity index (χ0n) is 11.9. The molecular formula is C14H28N2O2. The SMILES string of the molecule is COCC1CCCN(C(CNC2CC2)COC)C1. The minimum atomic E-state index is 0.523. The molecule has 2 aliphatic rings. The Morgan fingerprint density at radius 2 is 2.06 bits per heavy atom. The molecule has 2 fully saturated rings. The molecule has 1 saturated heterocycles. The normalized spacial score (nSPS) is 27.3. The maximum Gasteiger partial charge on any atom is 0.0630 e. The second-order valence-corrected chi connectivity index (χ2v) is 5.75. The quantitative estimate of drug-likeness (QED) is 0.705. The van der Waals surface area contributed by atoms with E-state index >= 15 is 0 Å². The lowest BCUT2D eigenvalue weighted by Crippen LogP contribution is -2.50. The van der Waals surface area contributed by atoms with Crippen molar-refractivity contribution in [1.82, 2.24) is 10.2 Å². The van der Waals surface area contributed by atoms with Crippen LogP contribution in [0.3, 0.4) is 0 Å². The standard InChI is InChI=1S/C14H28N2O2/c1-17-10-12-4-3-7-16(9-12)14(11-18-2)8-15-13-5-6-13/h12-15H,3-11H2,1-2H3. The van der Waals surface area contributed by atoms with Crippen molar-refractivity contribution in [3.05, 3.63) is 0 Å². The Balaban J connectivity index is 1.78. The first-order valence-corrected chi connectivity index (χ1v) is 7.28. The summed E-state index contributed by atoms with van der Waals surface area (Å²) in [5, 5.41) is 3.63. The summed E-state index contributed by atoms with van der Waals surface area (Å²) in [5.41, 5.74) is 0. The van der Waals surface area contributed by atoms with Crippen LogP contribution in [-0.2, 0) is 9.47 Å². The fraction of sp³-hybridized carbons (Fsp3) is 1.00. The van der Waals surface area contributed by atoms with E-state index in [1.807, 2.05) is 0 Å². The first kappa shape index (κ1) is 14.3. The van der Waals surface area contributed by atoms with Gasteiger partial charge in [0.05, 0.1) is 13.2 Å². The molecule has 0 bridgehead atoms. The highest BCUT2D eigenvalue weighted by Gasteiger charge is 2.28. The Hall–Kier alpha value is -0.160. The predicted octanol–water partition coefficient (Wildman–Crippen LogP) is 1.11. The van der Waals surface area contributed by atoms with Crippen LogP contribution in [0.15, 0.2) is 0 Å². The van der Waals surface area contributed by atoms with E-state index in [4.69, 9.17) is 9.47 Å². The molecule has 1 N–H and O–H groups in total. The van der Waals surface area contributed by atoms with Gasteiger partial charge in [0.25, 0.3) is 0 Å². The predicted molar refractivity (Wildman–Crippen MR) is 72.9 cm³/mol. The van der Waals surface area contributed by atoms with Crippen molar-refractivity contribution < 1.29 is 9.47 Å². The van der Waals surface area contributed by atoms with Gasteiger partial charge in [-0.1, -0.05) is 0 Å². The van der Waals surface area contributed by atoms with Gasteiger partial charge >= 0.3 is 0 Å². The summed E-state index contributed by atoms with van der Waals surface area (Å²) in [6, 6.07) is 1.30. The minimum Gasteiger partial charge on any atom is -0.384 e. The van der Waals surface area contributed by atoms with Crippen molar-refractivity contribution in [2.75, 3.05) is 47.1 Å². The number of piperidine rings is 1. The topological polar surface area (TPSA) is 33.7 Å². The van der Waals surface area contributed by atoms with Crippen molar-refractivity contribution in [3.63, 3.8) is 0 Å². The van der Waals surface area contributed by atoms with Crippen molar-refractivity contribution >= 4 is 0 Å². The van der Waals surface area contributed by atoms with Crippen LogP contribution in [0.4, 0.5) is 0 Å². The van der Waals surface area contributed by atoms with E-state index in [1.165, 1.54) is 32.2 Å². The highest BCUT2D eigenvalue weighted by atomic mass is 16.5. The van der Waals surface area contributed by atoms with E-state index in [2.05, 4.69) is 10.2 Å². The van der Waals surface area contributed by atoms with Crippen LogP contribution >= 0.6 is 0 Å².